The summed E-state index contributed by atoms with van der Waals surface area (Å²) in [6, 6.07) is 8.91. The van der Waals surface area contributed by atoms with Crippen molar-refractivity contribution in [1.29, 1.82) is 5.26 Å². The second kappa shape index (κ2) is 3.20. The van der Waals surface area contributed by atoms with Crippen LogP contribution >= 0.6 is 9.47 Å². The third kappa shape index (κ3) is 1.46. The average molecular weight is 151 g/mol. The van der Waals surface area contributed by atoms with Crippen LogP contribution in [0.3, 0.4) is 0 Å². The van der Waals surface area contributed by atoms with Gasteiger partial charge in [0.15, 0.2) is 0 Å². The summed E-state index contributed by atoms with van der Waals surface area (Å²) in [6.45, 7) is 0. The third-order valence-corrected chi connectivity index (χ3v) is 1.39. The first-order chi connectivity index (χ1) is 4.86. The number of hydrogen-bond acceptors (Lipinski definition) is 2. The largest absolute Gasteiger partial charge is 0.480 e. The lowest BCUT2D eigenvalue weighted by Crippen LogP contribution is -1.74. The second-order valence-electron chi connectivity index (χ2n) is 1.75. The lowest BCUT2D eigenvalue weighted by molar-refractivity contribution is 0.646. The summed E-state index contributed by atoms with van der Waals surface area (Å²) in [5.41, 5.74) is 0.644. The number of rotatable bonds is 1. The van der Waals surface area contributed by atoms with Crippen LogP contribution in [-0.2, 0) is 0 Å². The Morgan fingerprint density at radius 2 is 1.90 bits per heavy atom. The van der Waals surface area contributed by atoms with Crippen molar-refractivity contribution in [3.8, 4) is 11.8 Å². The van der Waals surface area contributed by atoms with Gasteiger partial charge in [0, 0.05) is 0 Å². The van der Waals surface area contributed by atoms with Gasteiger partial charge in [0.05, 0.1) is 21.1 Å². The summed E-state index contributed by atoms with van der Waals surface area (Å²) in [5, 5.41) is 8.41. The van der Waals surface area contributed by atoms with Crippen molar-refractivity contribution in [2.24, 2.45) is 0 Å². The van der Waals surface area contributed by atoms with E-state index in [1.807, 2.05) is 6.07 Å². The maximum absolute atomic E-state index is 8.41. The molecule has 50 valence electrons. The van der Waals surface area contributed by atoms with Gasteiger partial charge in [-0.1, -0.05) is 0 Å². The summed E-state index contributed by atoms with van der Waals surface area (Å²) < 4.78 is 4.82. The lowest BCUT2D eigenvalue weighted by atomic mass is 10.2. The highest BCUT2D eigenvalue weighted by molar-refractivity contribution is 7.10. The van der Waals surface area contributed by atoms with Crippen molar-refractivity contribution in [3.63, 3.8) is 0 Å². The van der Waals surface area contributed by atoms with Gasteiger partial charge in [-0.25, -0.2) is 0 Å². The predicted molar refractivity (Wildman–Crippen MR) is 41.5 cm³/mol. The second-order valence-corrected chi connectivity index (χ2v) is 1.99. The zero-order valence-electron chi connectivity index (χ0n) is 5.24. The quantitative estimate of drug-likeness (QED) is 0.572. The van der Waals surface area contributed by atoms with Crippen LogP contribution in [0.2, 0.25) is 0 Å². The molecular formula is C7H6NOP. The Hall–Kier alpha value is -1.06. The Balaban J connectivity index is 2.93. The zero-order valence-corrected chi connectivity index (χ0v) is 6.40. The van der Waals surface area contributed by atoms with Crippen molar-refractivity contribution < 1.29 is 4.52 Å². The van der Waals surface area contributed by atoms with Crippen molar-refractivity contribution >= 4 is 9.47 Å². The van der Waals surface area contributed by atoms with Crippen LogP contribution in [0.5, 0.6) is 5.75 Å². The van der Waals surface area contributed by atoms with Crippen LogP contribution < -0.4 is 4.52 Å². The van der Waals surface area contributed by atoms with Gasteiger partial charge in [-0.05, 0) is 24.3 Å². The molecule has 0 radical (unpaired) electrons. The maximum Gasteiger partial charge on any atom is 0.122 e. The first kappa shape index (κ1) is 7.05. The van der Waals surface area contributed by atoms with Crippen molar-refractivity contribution in [2.75, 3.05) is 0 Å². The third-order valence-electron chi connectivity index (χ3n) is 1.12. The van der Waals surface area contributed by atoms with E-state index in [-0.39, 0.29) is 0 Å². The van der Waals surface area contributed by atoms with Crippen molar-refractivity contribution in [2.45, 2.75) is 0 Å². The normalized spacial score (nSPS) is 8.40. The van der Waals surface area contributed by atoms with Gasteiger partial charge in [-0.3, -0.25) is 0 Å². The van der Waals surface area contributed by atoms with Gasteiger partial charge in [-0.15, -0.1) is 0 Å². The summed E-state index contributed by atoms with van der Waals surface area (Å²) in [7, 11) is 2.14. The summed E-state index contributed by atoms with van der Waals surface area (Å²) in [4.78, 5) is 0. The van der Waals surface area contributed by atoms with Gasteiger partial charge in [0.1, 0.15) is 5.75 Å². The van der Waals surface area contributed by atoms with E-state index in [4.69, 9.17) is 9.79 Å². The SMILES string of the molecule is N#Cc1ccc(OP)cc1. The molecule has 0 spiro atoms. The molecule has 0 N–H and O–H groups in total. The molecule has 10 heavy (non-hydrogen) atoms. The molecule has 3 heteroatoms. The zero-order chi connectivity index (χ0) is 7.40. The summed E-state index contributed by atoms with van der Waals surface area (Å²) in [5.74, 6) is 0.740. The molecule has 0 saturated carbocycles. The van der Waals surface area contributed by atoms with E-state index in [0.717, 1.165) is 5.75 Å². The minimum absolute atomic E-state index is 0.644. The minimum Gasteiger partial charge on any atom is -0.480 e. The molecule has 0 bridgehead atoms. The fourth-order valence-electron chi connectivity index (χ4n) is 0.608. The van der Waals surface area contributed by atoms with E-state index in [9.17, 15) is 0 Å². The fraction of sp³-hybridized carbons (Fsp3) is 0. The van der Waals surface area contributed by atoms with E-state index >= 15 is 0 Å². The average Bonchev–Trinajstić information content (AvgIpc) is 2.05. The van der Waals surface area contributed by atoms with Crippen LogP contribution in [0, 0.1) is 11.3 Å². The van der Waals surface area contributed by atoms with Crippen LogP contribution in [0.4, 0.5) is 0 Å². The smallest absolute Gasteiger partial charge is 0.122 e. The van der Waals surface area contributed by atoms with Gasteiger partial charge >= 0.3 is 0 Å². The number of benzene rings is 1. The standard InChI is InChI=1S/C7H6NOP/c8-5-6-1-3-7(9-10)4-2-6/h1-4H,10H2. The molecular weight excluding hydrogens is 145 g/mol. The maximum atomic E-state index is 8.41. The number of nitrogens with zero attached hydrogens (tertiary/aromatic N) is 1. The first-order valence-electron chi connectivity index (χ1n) is 2.73. The first-order valence-corrected chi connectivity index (χ1v) is 3.21. The topological polar surface area (TPSA) is 33.0 Å². The Labute approximate surface area is 61.7 Å². The fourth-order valence-corrected chi connectivity index (χ4v) is 0.765. The molecule has 0 amide bonds. The summed E-state index contributed by atoms with van der Waals surface area (Å²) >= 11 is 0. The number of nitriles is 1. The Kier molecular flexibility index (Phi) is 2.25. The molecule has 1 atom stereocenters. The Bertz CT molecular complexity index is 249. The van der Waals surface area contributed by atoms with Crippen LogP contribution in [0.25, 0.3) is 0 Å². The predicted octanol–water partition coefficient (Wildman–Crippen LogP) is 1.73. The molecule has 2 nitrogen and oxygen atoms in total. The molecule has 0 aliphatic heterocycles. The molecule has 0 aromatic heterocycles. The Morgan fingerprint density at radius 1 is 1.30 bits per heavy atom. The van der Waals surface area contributed by atoms with Gasteiger partial charge in [0.25, 0.3) is 0 Å². The molecule has 1 rings (SSSR count). The lowest BCUT2D eigenvalue weighted by Gasteiger charge is -1.95. The highest BCUT2D eigenvalue weighted by atomic mass is 31.0. The van der Waals surface area contributed by atoms with Crippen LogP contribution in [-0.4, -0.2) is 0 Å². The van der Waals surface area contributed by atoms with E-state index in [1.54, 1.807) is 24.3 Å². The molecule has 1 aromatic carbocycles. The summed E-state index contributed by atoms with van der Waals surface area (Å²) in [6.07, 6.45) is 0. The van der Waals surface area contributed by atoms with Crippen LogP contribution in [0.1, 0.15) is 5.56 Å². The van der Waals surface area contributed by atoms with E-state index in [1.165, 1.54) is 0 Å². The molecule has 0 aliphatic rings. The molecule has 0 saturated heterocycles. The highest BCUT2D eigenvalue weighted by Gasteiger charge is 1.89. The van der Waals surface area contributed by atoms with Gasteiger partial charge in [0.2, 0.25) is 0 Å². The monoisotopic (exact) mass is 151 g/mol. The van der Waals surface area contributed by atoms with Crippen molar-refractivity contribution in [3.05, 3.63) is 29.8 Å². The molecule has 1 aromatic rings. The van der Waals surface area contributed by atoms with Gasteiger partial charge in [-0.2, -0.15) is 5.26 Å². The molecule has 1 unspecified atom stereocenters. The molecule has 0 heterocycles. The van der Waals surface area contributed by atoms with Gasteiger partial charge < -0.3 is 4.52 Å². The van der Waals surface area contributed by atoms with Crippen LogP contribution in [0.15, 0.2) is 24.3 Å². The van der Waals surface area contributed by atoms with E-state index in [0.29, 0.717) is 5.56 Å². The highest BCUT2D eigenvalue weighted by Crippen LogP contribution is 2.12. The minimum atomic E-state index is 0.644. The molecule has 0 aliphatic carbocycles. The number of hydrogen-bond donors (Lipinski definition) is 0. The molecule has 0 fully saturated rings. The Morgan fingerprint density at radius 3 is 2.30 bits per heavy atom. The van der Waals surface area contributed by atoms with Crippen molar-refractivity contribution in [1.82, 2.24) is 0 Å². The van der Waals surface area contributed by atoms with E-state index < -0.39 is 0 Å². The van der Waals surface area contributed by atoms with E-state index in [2.05, 4.69) is 9.47 Å².